The summed E-state index contributed by atoms with van der Waals surface area (Å²) >= 11 is 0. The van der Waals surface area contributed by atoms with Crippen molar-refractivity contribution in [3.05, 3.63) is 47.7 Å². The number of halogens is 3. The second kappa shape index (κ2) is 13.0. The number of rotatable bonds is 11. The first-order valence-electron chi connectivity index (χ1n) is 18.8. The van der Waals surface area contributed by atoms with Gasteiger partial charge in [-0.15, -0.1) is 6.42 Å². The van der Waals surface area contributed by atoms with Gasteiger partial charge in [-0.05, 0) is 68.2 Å². The molecule has 3 saturated heterocycles. The number of benzene rings is 3. The van der Waals surface area contributed by atoms with E-state index in [4.69, 9.17) is 31.0 Å². The van der Waals surface area contributed by atoms with Crippen molar-refractivity contribution in [1.29, 1.82) is 0 Å². The van der Waals surface area contributed by atoms with Crippen molar-refractivity contribution in [3.63, 3.8) is 0 Å². The number of nitrogens with zero attached hydrogens (tertiary/aromatic N) is 7. The summed E-state index contributed by atoms with van der Waals surface area (Å²) in [6, 6.07) is 5.98. The smallest absolute Gasteiger partial charge is 0.319 e. The number of phenolic OH excluding ortho intramolecular Hbond substituents is 1. The van der Waals surface area contributed by atoms with E-state index in [-0.39, 0.29) is 51.5 Å². The summed E-state index contributed by atoms with van der Waals surface area (Å²) in [4.78, 5) is 16.8. The molecular formula is C41H44F3N7O3. The Balaban J connectivity index is 1.21. The molecule has 10 nitrogen and oxygen atoms in total. The number of hydrogen-bond acceptors (Lipinski definition) is 9. The topological polar surface area (TPSA) is 92.0 Å². The SMILES string of the molecule is C#Cc1c(F)ccc2cc(O)cc(-c3c(F)c4nc(OCC5(CN6CC(C)(F)C6)CC5)nc(N5C6CCC5CN(CCCOC)C6)c4c4cn(C)nc34)c12. The van der Waals surface area contributed by atoms with Gasteiger partial charge < -0.3 is 19.5 Å². The molecule has 0 spiro atoms. The van der Waals surface area contributed by atoms with E-state index in [2.05, 4.69) is 20.6 Å². The van der Waals surface area contributed by atoms with E-state index in [1.807, 2.05) is 6.20 Å². The average Bonchev–Trinajstić information content (AvgIpc) is 3.70. The van der Waals surface area contributed by atoms with Gasteiger partial charge in [0.25, 0.3) is 0 Å². The number of alkyl halides is 1. The number of aromatic nitrogens is 4. The highest BCUT2D eigenvalue weighted by Crippen LogP contribution is 2.49. The number of methoxy groups -OCH3 is 1. The highest BCUT2D eigenvalue weighted by molar-refractivity contribution is 6.18. The van der Waals surface area contributed by atoms with Crippen LogP contribution in [0.2, 0.25) is 0 Å². The quantitative estimate of drug-likeness (QED) is 0.126. The molecule has 2 bridgehead atoms. The summed E-state index contributed by atoms with van der Waals surface area (Å²) in [6.45, 7) is 6.76. The standard InChI is InChI=1S/C41H44F3N7O3/c1-5-28-31(42)10-7-24-15-27(52)16-29(32(24)28)33-35(43)37-34(30-19-48(3)47-36(30)33)38(51-25-8-9-26(51)18-49(17-25)13-6-14-53-4)46-39(45-37)54-23-41(11-12-41)22-50-20-40(2,44)21-50/h1,7,10,15-16,19,25-26,52H,6,8-9,11-14,17-18,20-23H2,2-4H3. The maximum Gasteiger partial charge on any atom is 0.319 e. The molecule has 1 saturated carbocycles. The number of ether oxygens (including phenoxy) is 2. The number of aryl methyl sites for hydroxylation is 1. The molecule has 13 heteroatoms. The van der Waals surface area contributed by atoms with Crippen molar-refractivity contribution < 1.29 is 27.8 Å². The summed E-state index contributed by atoms with van der Waals surface area (Å²) in [7, 11) is 3.48. The zero-order chi connectivity index (χ0) is 37.5. The Morgan fingerprint density at radius 2 is 1.80 bits per heavy atom. The molecule has 5 aromatic rings. The fourth-order valence-corrected chi connectivity index (χ4v) is 9.34. The fraction of sp³-hybridized carbons (Fsp3) is 0.488. The number of terminal acetylenes is 1. The molecule has 5 heterocycles. The molecule has 9 rings (SSSR count). The Kier molecular flexibility index (Phi) is 8.44. The number of piperazine rings is 1. The maximum absolute atomic E-state index is 17.7. The second-order valence-corrected chi connectivity index (χ2v) is 16.2. The Morgan fingerprint density at radius 1 is 1.04 bits per heavy atom. The Bertz CT molecular complexity index is 2330. The van der Waals surface area contributed by atoms with Crippen LogP contribution < -0.4 is 9.64 Å². The predicted octanol–water partition coefficient (Wildman–Crippen LogP) is 6.19. The Labute approximate surface area is 311 Å². The number of anilines is 1. The van der Waals surface area contributed by atoms with Gasteiger partial charge in [-0.1, -0.05) is 12.0 Å². The molecular weight excluding hydrogens is 695 g/mol. The molecule has 0 amide bonds. The lowest BCUT2D eigenvalue weighted by Crippen LogP contribution is -2.58. The maximum atomic E-state index is 17.7. The summed E-state index contributed by atoms with van der Waals surface area (Å²) in [5.41, 5.74) is -0.730. The second-order valence-electron chi connectivity index (χ2n) is 16.2. The lowest BCUT2D eigenvalue weighted by molar-refractivity contribution is -0.0329. The first kappa shape index (κ1) is 35.1. The summed E-state index contributed by atoms with van der Waals surface area (Å²) in [5, 5.41) is 17.5. The van der Waals surface area contributed by atoms with Crippen LogP contribution in [-0.4, -0.2) is 112 Å². The zero-order valence-electron chi connectivity index (χ0n) is 30.8. The minimum atomic E-state index is -1.17. The minimum Gasteiger partial charge on any atom is -0.508 e. The predicted molar refractivity (Wildman–Crippen MR) is 202 cm³/mol. The largest absolute Gasteiger partial charge is 0.508 e. The van der Waals surface area contributed by atoms with Gasteiger partial charge in [0, 0.05) is 100 Å². The molecule has 282 valence electrons. The molecule has 2 atom stereocenters. The third-order valence-corrected chi connectivity index (χ3v) is 11.9. The van der Waals surface area contributed by atoms with Crippen LogP contribution in [0.3, 0.4) is 0 Å². The molecule has 3 aliphatic heterocycles. The van der Waals surface area contributed by atoms with Crippen molar-refractivity contribution in [1.82, 2.24) is 29.5 Å². The Morgan fingerprint density at radius 3 is 2.48 bits per heavy atom. The van der Waals surface area contributed by atoms with E-state index in [0.717, 1.165) is 58.3 Å². The fourth-order valence-electron chi connectivity index (χ4n) is 9.34. The molecule has 1 aliphatic carbocycles. The van der Waals surface area contributed by atoms with Crippen LogP contribution in [0.1, 0.15) is 44.6 Å². The highest BCUT2D eigenvalue weighted by Gasteiger charge is 2.50. The summed E-state index contributed by atoms with van der Waals surface area (Å²) < 4.78 is 60.7. The summed E-state index contributed by atoms with van der Waals surface area (Å²) in [6.07, 6.45) is 12.4. The number of likely N-dealkylation sites (tertiary alicyclic amines) is 2. The first-order valence-corrected chi connectivity index (χ1v) is 18.8. The molecule has 3 aromatic carbocycles. The third kappa shape index (κ3) is 5.99. The van der Waals surface area contributed by atoms with Crippen molar-refractivity contribution in [2.75, 3.05) is 64.5 Å². The van der Waals surface area contributed by atoms with Gasteiger partial charge in [-0.25, -0.2) is 13.2 Å². The molecule has 2 unspecified atom stereocenters. The van der Waals surface area contributed by atoms with Gasteiger partial charge in [0.05, 0.1) is 17.6 Å². The van der Waals surface area contributed by atoms with Crippen LogP contribution in [0.15, 0.2) is 30.5 Å². The number of phenols is 1. The number of hydrogen-bond donors (Lipinski definition) is 1. The van der Waals surface area contributed by atoms with Gasteiger partial charge in [0.1, 0.15) is 34.1 Å². The highest BCUT2D eigenvalue weighted by atomic mass is 19.1. The Hall–Kier alpha value is -4.64. The van der Waals surface area contributed by atoms with E-state index < -0.39 is 17.3 Å². The molecule has 1 N–H and O–H groups in total. The van der Waals surface area contributed by atoms with Crippen LogP contribution in [0.25, 0.3) is 43.7 Å². The lowest BCUT2D eigenvalue weighted by atomic mass is 9.91. The first-order chi connectivity index (χ1) is 26.0. The van der Waals surface area contributed by atoms with Crippen molar-refractivity contribution >= 4 is 38.4 Å². The van der Waals surface area contributed by atoms with Crippen LogP contribution in [-0.2, 0) is 11.8 Å². The molecule has 4 fully saturated rings. The molecule has 4 aliphatic rings. The average molecular weight is 740 g/mol. The van der Waals surface area contributed by atoms with Crippen LogP contribution >= 0.6 is 0 Å². The third-order valence-electron chi connectivity index (χ3n) is 11.9. The van der Waals surface area contributed by atoms with Crippen molar-refractivity contribution in [2.24, 2.45) is 12.5 Å². The van der Waals surface area contributed by atoms with E-state index in [0.29, 0.717) is 59.2 Å². The minimum absolute atomic E-state index is 0.0385. The van der Waals surface area contributed by atoms with E-state index >= 15 is 8.78 Å². The van der Waals surface area contributed by atoms with Crippen LogP contribution in [0.4, 0.5) is 19.0 Å². The van der Waals surface area contributed by atoms with E-state index in [1.165, 1.54) is 24.3 Å². The van der Waals surface area contributed by atoms with Crippen LogP contribution in [0.5, 0.6) is 11.8 Å². The van der Waals surface area contributed by atoms with Gasteiger partial charge in [0.15, 0.2) is 5.82 Å². The van der Waals surface area contributed by atoms with Gasteiger partial charge in [-0.3, -0.25) is 14.5 Å². The van der Waals surface area contributed by atoms with E-state index in [9.17, 15) is 9.50 Å². The van der Waals surface area contributed by atoms with Gasteiger partial charge in [-0.2, -0.15) is 15.1 Å². The molecule has 2 aromatic heterocycles. The normalized spacial score (nSPS) is 21.9. The van der Waals surface area contributed by atoms with Gasteiger partial charge >= 0.3 is 6.01 Å². The number of fused-ring (bicyclic) bond motifs is 6. The van der Waals surface area contributed by atoms with E-state index in [1.54, 1.807) is 25.8 Å². The lowest BCUT2D eigenvalue weighted by Gasteiger charge is -2.44. The van der Waals surface area contributed by atoms with Crippen molar-refractivity contribution in [3.8, 4) is 35.2 Å². The van der Waals surface area contributed by atoms with Crippen LogP contribution in [0, 0.1) is 29.4 Å². The zero-order valence-corrected chi connectivity index (χ0v) is 30.8. The monoisotopic (exact) mass is 739 g/mol. The number of aromatic hydroxyl groups is 1. The summed E-state index contributed by atoms with van der Waals surface area (Å²) in [5.74, 6) is 1.59. The van der Waals surface area contributed by atoms with Crippen molar-refractivity contribution in [2.45, 2.75) is 56.8 Å². The molecule has 54 heavy (non-hydrogen) atoms. The molecule has 0 radical (unpaired) electrons. The van der Waals surface area contributed by atoms with Gasteiger partial charge in [0.2, 0.25) is 0 Å².